The van der Waals surface area contributed by atoms with Crippen molar-refractivity contribution in [3.63, 3.8) is 0 Å². The minimum atomic E-state index is -0.616. The van der Waals surface area contributed by atoms with Crippen LogP contribution in [0, 0.1) is 5.82 Å². The van der Waals surface area contributed by atoms with Gasteiger partial charge in [-0.15, -0.1) is 0 Å². The first-order chi connectivity index (χ1) is 10.0. The number of methoxy groups -OCH3 is 2. The molecule has 0 spiro atoms. The van der Waals surface area contributed by atoms with Gasteiger partial charge in [-0.05, 0) is 28.1 Å². The predicted octanol–water partition coefficient (Wildman–Crippen LogP) is 2.24. The third-order valence-corrected chi connectivity index (χ3v) is 3.50. The Morgan fingerprint density at radius 2 is 2.00 bits per heavy atom. The van der Waals surface area contributed by atoms with Crippen LogP contribution in [0.25, 0.3) is 0 Å². The van der Waals surface area contributed by atoms with Crippen molar-refractivity contribution in [2.75, 3.05) is 33.9 Å². The molecule has 0 unspecified atom stereocenters. The van der Waals surface area contributed by atoms with E-state index in [0.29, 0.717) is 11.1 Å². The molecule has 1 rings (SSSR count). The van der Waals surface area contributed by atoms with Gasteiger partial charge in [-0.3, -0.25) is 9.59 Å². The van der Waals surface area contributed by atoms with Crippen LogP contribution in [0.4, 0.5) is 4.39 Å². The highest BCUT2D eigenvalue weighted by molar-refractivity contribution is 9.10. The molecule has 1 aromatic carbocycles. The van der Waals surface area contributed by atoms with Crippen LogP contribution in [-0.4, -0.2) is 50.7 Å². The molecule has 0 fully saturated rings. The van der Waals surface area contributed by atoms with Gasteiger partial charge in [0.1, 0.15) is 5.82 Å². The van der Waals surface area contributed by atoms with Gasteiger partial charge in [-0.25, -0.2) is 4.39 Å². The minimum Gasteiger partial charge on any atom is -0.469 e. The number of esters is 1. The number of hydrogen-bond donors (Lipinski definition) is 0. The van der Waals surface area contributed by atoms with Crippen LogP contribution in [0.5, 0.6) is 0 Å². The van der Waals surface area contributed by atoms with Crippen LogP contribution in [0.15, 0.2) is 22.7 Å². The quantitative estimate of drug-likeness (QED) is 0.699. The Balaban J connectivity index is 2.91. The van der Waals surface area contributed by atoms with Crippen molar-refractivity contribution in [2.24, 2.45) is 0 Å². The van der Waals surface area contributed by atoms with Crippen LogP contribution in [0.3, 0.4) is 0 Å². The van der Waals surface area contributed by atoms with Crippen molar-refractivity contribution in [3.8, 4) is 0 Å². The summed E-state index contributed by atoms with van der Waals surface area (Å²) >= 11 is 3.17. The highest BCUT2D eigenvalue weighted by Crippen LogP contribution is 2.21. The predicted molar refractivity (Wildman–Crippen MR) is 78.5 cm³/mol. The molecule has 1 amide bonds. The topological polar surface area (TPSA) is 55.8 Å². The summed E-state index contributed by atoms with van der Waals surface area (Å²) in [5.41, 5.74) is -0.0570. The third kappa shape index (κ3) is 5.09. The van der Waals surface area contributed by atoms with Crippen LogP contribution < -0.4 is 0 Å². The van der Waals surface area contributed by atoms with Crippen molar-refractivity contribution in [1.29, 1.82) is 0 Å². The summed E-state index contributed by atoms with van der Waals surface area (Å²) < 4.78 is 23.7. The standard InChI is InChI=1S/C14H17BrFNO4/c1-20-9-8-17(7-6-12(18)21-2)14(19)13-10(15)4-3-5-11(13)16/h3-5H,6-9H2,1-2H3. The van der Waals surface area contributed by atoms with Gasteiger partial charge in [0, 0.05) is 24.7 Å². The number of nitrogens with zero attached hydrogens (tertiary/aromatic N) is 1. The van der Waals surface area contributed by atoms with Crippen molar-refractivity contribution in [1.82, 2.24) is 4.90 Å². The molecule has 0 saturated heterocycles. The molecular formula is C14H17BrFNO4. The second kappa shape index (κ2) is 8.74. The molecule has 0 N–H and O–H groups in total. The summed E-state index contributed by atoms with van der Waals surface area (Å²) in [6.07, 6.45) is 0.0397. The Bertz CT molecular complexity index is 489. The Hall–Kier alpha value is -1.47. The lowest BCUT2D eigenvalue weighted by Crippen LogP contribution is -2.36. The molecule has 1 aromatic rings. The first-order valence-corrected chi connectivity index (χ1v) is 7.09. The second-order valence-corrected chi connectivity index (χ2v) is 5.06. The largest absolute Gasteiger partial charge is 0.469 e. The molecule has 0 bridgehead atoms. The lowest BCUT2D eigenvalue weighted by atomic mass is 10.1. The summed E-state index contributed by atoms with van der Waals surface area (Å²) in [6, 6.07) is 4.31. The lowest BCUT2D eigenvalue weighted by Gasteiger charge is -2.22. The molecule has 0 aliphatic rings. The Morgan fingerprint density at radius 1 is 1.29 bits per heavy atom. The number of halogens is 2. The average molecular weight is 362 g/mol. The van der Waals surface area contributed by atoms with E-state index in [1.165, 1.54) is 31.3 Å². The summed E-state index contributed by atoms with van der Waals surface area (Å²) in [5, 5.41) is 0. The van der Waals surface area contributed by atoms with Gasteiger partial charge in [0.2, 0.25) is 0 Å². The fraction of sp³-hybridized carbons (Fsp3) is 0.429. The lowest BCUT2D eigenvalue weighted by molar-refractivity contribution is -0.140. The highest BCUT2D eigenvalue weighted by Gasteiger charge is 2.22. The van der Waals surface area contributed by atoms with Crippen molar-refractivity contribution in [2.45, 2.75) is 6.42 Å². The van der Waals surface area contributed by atoms with E-state index in [9.17, 15) is 14.0 Å². The highest BCUT2D eigenvalue weighted by atomic mass is 79.9. The van der Waals surface area contributed by atoms with E-state index < -0.39 is 17.7 Å². The first kappa shape index (κ1) is 17.6. The summed E-state index contributed by atoms with van der Waals surface area (Å²) in [4.78, 5) is 25.0. The molecule has 0 heterocycles. The van der Waals surface area contributed by atoms with Crippen molar-refractivity contribution >= 4 is 27.8 Å². The van der Waals surface area contributed by atoms with Crippen molar-refractivity contribution in [3.05, 3.63) is 34.1 Å². The van der Waals surface area contributed by atoms with Gasteiger partial charge >= 0.3 is 5.97 Å². The number of ether oxygens (including phenoxy) is 2. The first-order valence-electron chi connectivity index (χ1n) is 6.30. The van der Waals surface area contributed by atoms with Crippen LogP contribution in [0.1, 0.15) is 16.8 Å². The van der Waals surface area contributed by atoms with E-state index in [4.69, 9.17) is 4.74 Å². The maximum absolute atomic E-state index is 13.8. The number of carbonyl (C=O) groups excluding carboxylic acids is 2. The summed E-state index contributed by atoms with van der Waals surface area (Å²) in [6.45, 7) is 0.682. The zero-order valence-corrected chi connectivity index (χ0v) is 13.5. The van der Waals surface area contributed by atoms with Gasteiger partial charge in [0.15, 0.2) is 0 Å². The monoisotopic (exact) mass is 361 g/mol. The average Bonchev–Trinajstić information content (AvgIpc) is 2.46. The van der Waals surface area contributed by atoms with E-state index in [-0.39, 0.29) is 25.1 Å². The van der Waals surface area contributed by atoms with E-state index in [2.05, 4.69) is 20.7 Å². The second-order valence-electron chi connectivity index (χ2n) is 4.21. The van der Waals surface area contributed by atoms with Crippen LogP contribution >= 0.6 is 15.9 Å². The fourth-order valence-corrected chi connectivity index (χ4v) is 2.22. The Morgan fingerprint density at radius 3 is 2.57 bits per heavy atom. The molecule has 5 nitrogen and oxygen atoms in total. The van der Waals surface area contributed by atoms with Crippen LogP contribution in [-0.2, 0) is 14.3 Å². The van der Waals surface area contributed by atoms with Gasteiger partial charge < -0.3 is 14.4 Å². The Kier molecular flexibility index (Phi) is 7.31. The molecule has 0 saturated carbocycles. The van der Waals surface area contributed by atoms with E-state index in [1.54, 1.807) is 6.07 Å². The summed E-state index contributed by atoms with van der Waals surface area (Å²) in [7, 11) is 2.78. The van der Waals surface area contributed by atoms with Gasteiger partial charge in [0.05, 0.1) is 25.7 Å². The molecule has 0 aromatic heterocycles. The fourth-order valence-electron chi connectivity index (χ4n) is 1.70. The number of rotatable bonds is 7. The van der Waals surface area contributed by atoms with E-state index in [0.717, 1.165) is 0 Å². The molecule has 0 atom stereocenters. The molecule has 116 valence electrons. The zero-order valence-electron chi connectivity index (χ0n) is 11.9. The third-order valence-electron chi connectivity index (χ3n) is 2.84. The number of benzene rings is 1. The smallest absolute Gasteiger partial charge is 0.307 e. The molecule has 7 heteroatoms. The van der Waals surface area contributed by atoms with Crippen molar-refractivity contribution < 1.29 is 23.5 Å². The number of carbonyl (C=O) groups is 2. The SMILES string of the molecule is COCCN(CCC(=O)OC)C(=O)c1c(F)cccc1Br. The molecule has 0 aliphatic heterocycles. The van der Waals surface area contributed by atoms with Gasteiger partial charge in [-0.2, -0.15) is 0 Å². The number of amides is 1. The zero-order chi connectivity index (χ0) is 15.8. The van der Waals surface area contributed by atoms with Gasteiger partial charge in [-0.1, -0.05) is 6.07 Å². The van der Waals surface area contributed by atoms with E-state index >= 15 is 0 Å². The van der Waals surface area contributed by atoms with Crippen LogP contribution in [0.2, 0.25) is 0 Å². The maximum Gasteiger partial charge on any atom is 0.307 e. The minimum absolute atomic E-state index is 0.0397. The number of hydrogen-bond acceptors (Lipinski definition) is 4. The maximum atomic E-state index is 13.8. The Labute approximate surface area is 131 Å². The summed E-state index contributed by atoms with van der Waals surface area (Å²) in [5.74, 6) is -1.55. The molecule has 0 radical (unpaired) electrons. The molecule has 0 aliphatic carbocycles. The normalized spacial score (nSPS) is 10.3. The van der Waals surface area contributed by atoms with E-state index in [1.807, 2.05) is 0 Å². The van der Waals surface area contributed by atoms with Gasteiger partial charge in [0.25, 0.3) is 5.91 Å². The molecular weight excluding hydrogens is 345 g/mol. The molecule has 21 heavy (non-hydrogen) atoms.